The lowest BCUT2D eigenvalue weighted by Crippen LogP contribution is -2.49. The van der Waals surface area contributed by atoms with E-state index in [1.165, 1.54) is 12.4 Å². The van der Waals surface area contributed by atoms with E-state index < -0.39 is 5.91 Å². The molecule has 0 unspecified atom stereocenters. The Morgan fingerprint density at radius 3 is 2.55 bits per heavy atom. The summed E-state index contributed by atoms with van der Waals surface area (Å²) in [7, 11) is 0. The van der Waals surface area contributed by atoms with Crippen LogP contribution >= 0.6 is 0 Å². The molecule has 29 heavy (non-hydrogen) atoms. The van der Waals surface area contributed by atoms with Gasteiger partial charge in [-0.25, -0.2) is 4.98 Å². The molecular formula is C20H20N6O3. The van der Waals surface area contributed by atoms with Gasteiger partial charge in [0.1, 0.15) is 11.6 Å². The third-order valence-corrected chi connectivity index (χ3v) is 4.66. The van der Waals surface area contributed by atoms with E-state index in [4.69, 9.17) is 4.52 Å². The molecular weight excluding hydrogens is 372 g/mol. The lowest BCUT2D eigenvalue weighted by atomic mass is 10.1. The van der Waals surface area contributed by atoms with Gasteiger partial charge in [0.15, 0.2) is 5.82 Å². The molecule has 0 radical (unpaired) electrons. The molecule has 0 bridgehead atoms. The summed E-state index contributed by atoms with van der Waals surface area (Å²) in [5.41, 5.74) is 0.656. The van der Waals surface area contributed by atoms with Gasteiger partial charge in [0.2, 0.25) is 0 Å². The number of pyridine rings is 2. The number of amides is 2. The van der Waals surface area contributed by atoms with Crippen molar-refractivity contribution in [2.75, 3.05) is 36.4 Å². The van der Waals surface area contributed by atoms with Gasteiger partial charge in [0.05, 0.1) is 11.1 Å². The summed E-state index contributed by atoms with van der Waals surface area (Å²) in [6.45, 7) is 4.27. The van der Waals surface area contributed by atoms with Crippen LogP contribution in [0.2, 0.25) is 0 Å². The van der Waals surface area contributed by atoms with Gasteiger partial charge in [0.25, 0.3) is 11.8 Å². The summed E-state index contributed by atoms with van der Waals surface area (Å²) in [6, 6.07) is 8.94. The second-order valence-corrected chi connectivity index (χ2v) is 6.71. The van der Waals surface area contributed by atoms with Crippen molar-refractivity contribution in [3.8, 4) is 0 Å². The third kappa shape index (κ3) is 4.23. The number of hydrogen-bond acceptors (Lipinski definition) is 7. The van der Waals surface area contributed by atoms with Gasteiger partial charge in [-0.2, -0.15) is 0 Å². The molecule has 3 aromatic rings. The molecule has 0 aliphatic carbocycles. The highest BCUT2D eigenvalue weighted by Crippen LogP contribution is 2.15. The Kier molecular flexibility index (Phi) is 5.19. The standard InChI is InChI=1S/C20H20N6O3/c1-14-10-17(24-29-14)23-19(27)15-11-16(13-21-12-15)20(28)26-8-6-25(7-9-26)18-4-2-3-5-22-18/h2-5,10-13H,6-9H2,1H3,(H,23,24,27). The molecule has 0 saturated carbocycles. The number of carbonyl (C=O) groups excluding carboxylic acids is 2. The van der Waals surface area contributed by atoms with Crippen molar-refractivity contribution in [1.29, 1.82) is 0 Å². The van der Waals surface area contributed by atoms with Crippen LogP contribution in [0.3, 0.4) is 0 Å². The molecule has 1 aliphatic rings. The van der Waals surface area contributed by atoms with E-state index in [1.807, 2.05) is 18.2 Å². The third-order valence-electron chi connectivity index (χ3n) is 4.66. The second kappa shape index (κ2) is 8.09. The molecule has 9 heteroatoms. The van der Waals surface area contributed by atoms with Crippen LogP contribution in [-0.2, 0) is 0 Å². The molecule has 0 atom stereocenters. The Bertz CT molecular complexity index is 1010. The van der Waals surface area contributed by atoms with Gasteiger partial charge < -0.3 is 19.6 Å². The van der Waals surface area contributed by atoms with E-state index in [2.05, 4.69) is 25.3 Å². The van der Waals surface area contributed by atoms with Crippen LogP contribution in [0.5, 0.6) is 0 Å². The van der Waals surface area contributed by atoms with Crippen molar-refractivity contribution >= 4 is 23.5 Å². The number of aryl methyl sites for hydroxylation is 1. The SMILES string of the molecule is Cc1cc(NC(=O)c2cncc(C(=O)N3CCN(c4ccccn4)CC3)c2)no1. The summed E-state index contributed by atoms with van der Waals surface area (Å²) >= 11 is 0. The van der Waals surface area contributed by atoms with Gasteiger partial charge >= 0.3 is 0 Å². The maximum Gasteiger partial charge on any atom is 0.258 e. The molecule has 1 aliphatic heterocycles. The number of aromatic nitrogens is 3. The highest BCUT2D eigenvalue weighted by molar-refractivity contribution is 6.05. The number of nitrogens with zero attached hydrogens (tertiary/aromatic N) is 5. The number of rotatable bonds is 4. The molecule has 0 spiro atoms. The smallest absolute Gasteiger partial charge is 0.258 e. The molecule has 1 saturated heterocycles. The van der Waals surface area contributed by atoms with E-state index in [1.54, 1.807) is 30.2 Å². The molecule has 9 nitrogen and oxygen atoms in total. The first-order valence-electron chi connectivity index (χ1n) is 9.25. The fourth-order valence-electron chi connectivity index (χ4n) is 3.16. The molecule has 4 heterocycles. The zero-order valence-electron chi connectivity index (χ0n) is 15.9. The number of hydrogen-bond donors (Lipinski definition) is 1. The Balaban J connectivity index is 1.40. The minimum Gasteiger partial charge on any atom is -0.360 e. The van der Waals surface area contributed by atoms with Crippen LogP contribution in [0.25, 0.3) is 0 Å². The zero-order chi connectivity index (χ0) is 20.2. The molecule has 1 fully saturated rings. The van der Waals surface area contributed by atoms with E-state index in [-0.39, 0.29) is 11.5 Å². The van der Waals surface area contributed by atoms with Crippen molar-refractivity contribution in [2.24, 2.45) is 0 Å². The largest absolute Gasteiger partial charge is 0.360 e. The second-order valence-electron chi connectivity index (χ2n) is 6.71. The average Bonchev–Trinajstić information content (AvgIpc) is 3.18. The van der Waals surface area contributed by atoms with E-state index in [0.29, 0.717) is 43.3 Å². The monoisotopic (exact) mass is 392 g/mol. The van der Waals surface area contributed by atoms with Crippen molar-refractivity contribution in [2.45, 2.75) is 6.92 Å². The number of piperazine rings is 1. The Hall–Kier alpha value is -3.75. The predicted octanol–water partition coefficient (Wildman–Crippen LogP) is 1.99. The fourth-order valence-corrected chi connectivity index (χ4v) is 3.16. The lowest BCUT2D eigenvalue weighted by molar-refractivity contribution is 0.0746. The van der Waals surface area contributed by atoms with Crippen LogP contribution in [-0.4, -0.2) is 58.0 Å². The summed E-state index contributed by atoms with van der Waals surface area (Å²) in [5.74, 6) is 1.26. The molecule has 1 N–H and O–H groups in total. The van der Waals surface area contributed by atoms with E-state index in [0.717, 1.165) is 5.82 Å². The van der Waals surface area contributed by atoms with Gasteiger partial charge in [0, 0.05) is 50.8 Å². The first-order chi connectivity index (χ1) is 14.1. The first kappa shape index (κ1) is 18.6. The van der Waals surface area contributed by atoms with Crippen molar-refractivity contribution in [1.82, 2.24) is 20.0 Å². The maximum absolute atomic E-state index is 12.9. The first-order valence-corrected chi connectivity index (χ1v) is 9.25. The Morgan fingerprint density at radius 1 is 1.07 bits per heavy atom. The summed E-state index contributed by atoms with van der Waals surface area (Å²) in [6.07, 6.45) is 4.65. The van der Waals surface area contributed by atoms with Crippen molar-refractivity contribution < 1.29 is 14.1 Å². The molecule has 2 amide bonds. The summed E-state index contributed by atoms with van der Waals surface area (Å²) in [5, 5.41) is 6.36. The zero-order valence-corrected chi connectivity index (χ0v) is 15.9. The fraction of sp³-hybridized carbons (Fsp3) is 0.250. The maximum atomic E-state index is 12.9. The number of nitrogens with one attached hydrogen (secondary N) is 1. The van der Waals surface area contributed by atoms with Crippen molar-refractivity contribution in [3.05, 3.63) is 65.8 Å². The van der Waals surface area contributed by atoms with Crippen LogP contribution in [0.4, 0.5) is 11.6 Å². The van der Waals surface area contributed by atoms with E-state index >= 15 is 0 Å². The Morgan fingerprint density at radius 2 is 1.86 bits per heavy atom. The minimum absolute atomic E-state index is 0.148. The molecule has 0 aromatic carbocycles. The van der Waals surface area contributed by atoms with Gasteiger partial charge in [-0.1, -0.05) is 11.2 Å². The molecule has 148 valence electrons. The topological polar surface area (TPSA) is 104 Å². The molecule has 4 rings (SSSR count). The van der Waals surface area contributed by atoms with Crippen LogP contribution in [0.1, 0.15) is 26.5 Å². The van der Waals surface area contributed by atoms with Gasteiger partial charge in [-0.15, -0.1) is 0 Å². The van der Waals surface area contributed by atoms with E-state index in [9.17, 15) is 9.59 Å². The van der Waals surface area contributed by atoms with Crippen LogP contribution in [0.15, 0.2) is 53.4 Å². The molecule has 3 aromatic heterocycles. The van der Waals surface area contributed by atoms with Gasteiger partial charge in [-0.3, -0.25) is 14.6 Å². The van der Waals surface area contributed by atoms with Crippen LogP contribution in [0, 0.1) is 6.92 Å². The van der Waals surface area contributed by atoms with Gasteiger partial charge in [-0.05, 0) is 25.1 Å². The number of anilines is 2. The number of carbonyl (C=O) groups is 2. The average molecular weight is 392 g/mol. The quantitative estimate of drug-likeness (QED) is 0.724. The lowest BCUT2D eigenvalue weighted by Gasteiger charge is -2.35. The summed E-state index contributed by atoms with van der Waals surface area (Å²) in [4.78, 5) is 37.6. The normalized spacial score (nSPS) is 14.0. The van der Waals surface area contributed by atoms with Crippen molar-refractivity contribution in [3.63, 3.8) is 0 Å². The van der Waals surface area contributed by atoms with Crippen LogP contribution < -0.4 is 10.2 Å². The minimum atomic E-state index is -0.402. The Labute approximate surface area is 167 Å². The highest BCUT2D eigenvalue weighted by Gasteiger charge is 2.23. The summed E-state index contributed by atoms with van der Waals surface area (Å²) < 4.78 is 4.93. The predicted molar refractivity (Wildman–Crippen MR) is 106 cm³/mol. The highest BCUT2D eigenvalue weighted by atomic mass is 16.5.